The molecule has 1 saturated heterocycles. The zero-order valence-corrected chi connectivity index (χ0v) is 24.3. The first kappa shape index (κ1) is 27.6. The van der Waals surface area contributed by atoms with Crippen molar-refractivity contribution in [1.29, 1.82) is 0 Å². The number of ether oxygens (including phenoxy) is 1. The summed E-state index contributed by atoms with van der Waals surface area (Å²) >= 11 is 17.6. The maximum Gasteiger partial charge on any atom is 0.270 e. The highest BCUT2D eigenvalue weighted by atomic mass is 35.5. The molecule has 4 aromatic rings. The van der Waals surface area contributed by atoms with Crippen LogP contribution in [0.5, 0.6) is 5.75 Å². The highest BCUT2D eigenvalue weighted by Crippen LogP contribution is 2.29. The molecule has 5 rings (SSSR count). The van der Waals surface area contributed by atoms with Gasteiger partial charge in [-0.2, -0.15) is 0 Å². The summed E-state index contributed by atoms with van der Waals surface area (Å²) in [4.78, 5) is 27.7. The summed E-state index contributed by atoms with van der Waals surface area (Å²) in [5, 5.41) is 3.85. The Labute approximate surface area is 247 Å². The molecule has 1 aliphatic heterocycles. The fourth-order valence-electron chi connectivity index (χ4n) is 4.67. The van der Waals surface area contributed by atoms with Gasteiger partial charge in [0.05, 0.1) is 5.69 Å². The van der Waals surface area contributed by atoms with Crippen molar-refractivity contribution in [2.75, 3.05) is 4.90 Å². The second kappa shape index (κ2) is 11.3. The number of anilines is 1. The second-order valence-corrected chi connectivity index (χ2v) is 10.7. The van der Waals surface area contributed by atoms with Gasteiger partial charge in [0.15, 0.2) is 5.11 Å². The van der Waals surface area contributed by atoms with E-state index in [2.05, 4.69) is 9.88 Å². The molecule has 0 saturated carbocycles. The molecule has 1 N–H and O–H groups in total. The average molecular weight is 591 g/mol. The first-order valence-electron chi connectivity index (χ1n) is 12.5. The number of aromatic nitrogens is 1. The summed E-state index contributed by atoms with van der Waals surface area (Å²) < 4.78 is 7.97. The lowest BCUT2D eigenvalue weighted by Gasteiger charge is -2.30. The topological polar surface area (TPSA) is 63.6 Å². The van der Waals surface area contributed by atoms with Gasteiger partial charge in [-0.1, -0.05) is 47.5 Å². The van der Waals surface area contributed by atoms with Crippen LogP contribution in [0.2, 0.25) is 10.0 Å². The van der Waals surface area contributed by atoms with Crippen LogP contribution in [-0.4, -0.2) is 21.5 Å². The third-order valence-corrected chi connectivity index (χ3v) is 7.60. The number of rotatable bonds is 6. The van der Waals surface area contributed by atoms with Gasteiger partial charge in [0.2, 0.25) is 0 Å². The van der Waals surface area contributed by atoms with Gasteiger partial charge in [-0.25, -0.2) is 0 Å². The predicted molar refractivity (Wildman–Crippen MR) is 163 cm³/mol. The largest absolute Gasteiger partial charge is 0.489 e. The van der Waals surface area contributed by atoms with Crippen LogP contribution in [0.25, 0.3) is 11.8 Å². The molecule has 0 bridgehead atoms. The molecule has 0 aliphatic carbocycles. The third-order valence-electron chi connectivity index (χ3n) is 6.73. The molecule has 0 spiro atoms. The van der Waals surface area contributed by atoms with Gasteiger partial charge in [0.1, 0.15) is 17.9 Å². The fourth-order valence-corrected chi connectivity index (χ4v) is 5.41. The Kier molecular flexibility index (Phi) is 7.81. The second-order valence-electron chi connectivity index (χ2n) is 9.42. The number of benzene rings is 3. The molecule has 2 amide bonds. The van der Waals surface area contributed by atoms with Crippen molar-refractivity contribution in [1.82, 2.24) is 9.88 Å². The van der Waals surface area contributed by atoms with Crippen LogP contribution >= 0.6 is 35.4 Å². The minimum Gasteiger partial charge on any atom is -0.489 e. The van der Waals surface area contributed by atoms with E-state index in [0.717, 1.165) is 33.8 Å². The summed E-state index contributed by atoms with van der Waals surface area (Å²) in [5.41, 5.74) is 5.86. The third kappa shape index (κ3) is 5.41. The number of hydrogen-bond donors (Lipinski definition) is 1. The highest BCUT2D eigenvalue weighted by Gasteiger charge is 2.35. The van der Waals surface area contributed by atoms with Crippen molar-refractivity contribution in [2.45, 2.75) is 27.4 Å². The molecule has 0 radical (unpaired) electrons. The van der Waals surface area contributed by atoms with Gasteiger partial charge in [0.25, 0.3) is 11.8 Å². The minimum absolute atomic E-state index is 0.0155. The Bertz CT molecular complexity index is 1690. The number of aryl methyl sites for hydroxylation is 2. The Morgan fingerprint density at radius 2 is 1.68 bits per heavy atom. The maximum atomic E-state index is 13.5. The Hall–Kier alpha value is -3.91. The van der Waals surface area contributed by atoms with E-state index >= 15 is 0 Å². The molecule has 3 aromatic carbocycles. The average Bonchev–Trinajstić information content (AvgIpc) is 3.19. The molecular formula is C31H25Cl2N3O3S. The SMILES string of the molecule is Cc1ccccc1N1C(=O)/C(=C/c2cc(C)n(-c3ccc(OCc4ccc(Cl)cc4Cl)cc3)c2C)C(=O)NC1=S. The van der Waals surface area contributed by atoms with E-state index in [1.165, 1.54) is 4.90 Å². The molecule has 0 unspecified atom stereocenters. The number of para-hydroxylation sites is 1. The predicted octanol–water partition coefficient (Wildman–Crippen LogP) is 7.12. The smallest absolute Gasteiger partial charge is 0.270 e. The summed E-state index contributed by atoms with van der Waals surface area (Å²) in [7, 11) is 0. The maximum absolute atomic E-state index is 13.5. The molecule has 1 aromatic heterocycles. The quantitative estimate of drug-likeness (QED) is 0.148. The van der Waals surface area contributed by atoms with Crippen LogP contribution in [-0.2, 0) is 16.2 Å². The summed E-state index contributed by atoms with van der Waals surface area (Å²) in [6.45, 7) is 6.12. The van der Waals surface area contributed by atoms with Gasteiger partial charge >= 0.3 is 0 Å². The molecule has 202 valence electrons. The standard InChI is InChI=1S/C31H25Cl2N3O3S/c1-18-6-4-5-7-28(18)36-30(38)26(29(37)34-31(36)40)15-22-14-19(2)35(20(22)3)24-10-12-25(13-11-24)39-17-21-8-9-23(32)16-27(21)33/h4-16H,17H2,1-3H3,(H,34,37,40)/b26-15+. The minimum atomic E-state index is -0.521. The molecule has 1 fully saturated rings. The van der Waals surface area contributed by atoms with Crippen molar-refractivity contribution < 1.29 is 14.3 Å². The van der Waals surface area contributed by atoms with Gasteiger partial charge in [0, 0.05) is 32.7 Å². The van der Waals surface area contributed by atoms with Crippen LogP contribution < -0.4 is 15.0 Å². The molecular weight excluding hydrogens is 565 g/mol. The van der Waals surface area contributed by atoms with Crippen LogP contribution in [0.4, 0.5) is 5.69 Å². The van der Waals surface area contributed by atoms with E-state index in [-0.39, 0.29) is 10.7 Å². The van der Waals surface area contributed by atoms with E-state index in [1.807, 2.05) is 75.4 Å². The zero-order valence-electron chi connectivity index (χ0n) is 22.0. The normalized spacial score (nSPS) is 14.6. The number of carbonyl (C=O) groups excluding carboxylic acids is 2. The van der Waals surface area contributed by atoms with E-state index < -0.39 is 11.8 Å². The van der Waals surface area contributed by atoms with Crippen LogP contribution in [0.15, 0.2) is 78.4 Å². The number of thiocarbonyl (C=S) groups is 1. The molecule has 1 aliphatic rings. The first-order chi connectivity index (χ1) is 19.1. The van der Waals surface area contributed by atoms with Crippen LogP contribution in [0.3, 0.4) is 0 Å². The van der Waals surface area contributed by atoms with Crippen molar-refractivity contribution in [3.63, 3.8) is 0 Å². The van der Waals surface area contributed by atoms with Crippen molar-refractivity contribution in [2.24, 2.45) is 0 Å². The molecule has 0 atom stereocenters. The van der Waals surface area contributed by atoms with Gasteiger partial charge in [-0.15, -0.1) is 0 Å². The van der Waals surface area contributed by atoms with Gasteiger partial charge in [-0.3, -0.25) is 19.8 Å². The van der Waals surface area contributed by atoms with Crippen molar-refractivity contribution in [3.05, 3.63) is 116 Å². The molecule has 2 heterocycles. The lowest BCUT2D eigenvalue weighted by Crippen LogP contribution is -2.54. The van der Waals surface area contributed by atoms with Crippen LogP contribution in [0.1, 0.15) is 28.1 Å². The Balaban J connectivity index is 1.40. The van der Waals surface area contributed by atoms with Gasteiger partial charge < -0.3 is 9.30 Å². The van der Waals surface area contributed by atoms with E-state index in [0.29, 0.717) is 28.1 Å². The Morgan fingerprint density at radius 1 is 0.950 bits per heavy atom. The molecule has 40 heavy (non-hydrogen) atoms. The van der Waals surface area contributed by atoms with Crippen LogP contribution in [0, 0.1) is 20.8 Å². The first-order valence-corrected chi connectivity index (χ1v) is 13.6. The van der Waals surface area contributed by atoms with E-state index in [1.54, 1.807) is 24.3 Å². The number of hydrogen-bond acceptors (Lipinski definition) is 4. The van der Waals surface area contributed by atoms with Crippen molar-refractivity contribution in [3.8, 4) is 11.4 Å². The number of carbonyl (C=O) groups is 2. The molecule has 6 nitrogen and oxygen atoms in total. The fraction of sp³-hybridized carbons (Fsp3) is 0.129. The van der Waals surface area contributed by atoms with E-state index in [9.17, 15) is 9.59 Å². The lowest BCUT2D eigenvalue weighted by molar-refractivity contribution is -0.122. The number of nitrogens with one attached hydrogen (secondary N) is 1. The number of nitrogens with zero attached hydrogens (tertiary/aromatic N) is 2. The summed E-state index contributed by atoms with van der Waals surface area (Å²) in [6.07, 6.45) is 1.62. The number of amides is 2. The lowest BCUT2D eigenvalue weighted by atomic mass is 10.1. The highest BCUT2D eigenvalue weighted by molar-refractivity contribution is 7.80. The number of halogens is 2. The van der Waals surface area contributed by atoms with Crippen molar-refractivity contribution >= 4 is 64.1 Å². The van der Waals surface area contributed by atoms with E-state index in [4.69, 9.17) is 40.2 Å². The molecule has 9 heteroatoms. The Morgan fingerprint density at radius 3 is 2.38 bits per heavy atom. The zero-order chi connectivity index (χ0) is 28.6. The summed E-state index contributed by atoms with van der Waals surface area (Å²) in [5.74, 6) is -0.293. The van der Waals surface area contributed by atoms with Gasteiger partial charge in [-0.05, 0) is 98.7 Å². The summed E-state index contributed by atoms with van der Waals surface area (Å²) in [6, 6.07) is 22.3. The monoisotopic (exact) mass is 589 g/mol.